The molecule has 0 atom stereocenters. The summed E-state index contributed by atoms with van der Waals surface area (Å²) in [5.41, 5.74) is -2.25. The summed E-state index contributed by atoms with van der Waals surface area (Å²) in [6.45, 7) is 21.5. The molecule has 0 saturated heterocycles. The second kappa shape index (κ2) is 18.9. The summed E-state index contributed by atoms with van der Waals surface area (Å²) >= 11 is 0. The van der Waals surface area contributed by atoms with E-state index in [1.54, 1.807) is 62.3 Å². The Morgan fingerprint density at radius 3 is 0.960 bits per heavy atom. The van der Waals surface area contributed by atoms with Gasteiger partial charge in [0.05, 0.1) is 0 Å². The van der Waals surface area contributed by atoms with Crippen molar-refractivity contribution in [2.24, 2.45) is 0 Å². The number of hydrogen-bond donors (Lipinski definition) is 0. The Bertz CT molecular complexity index is 247. The van der Waals surface area contributed by atoms with Gasteiger partial charge in [0.1, 0.15) is 0 Å². The van der Waals surface area contributed by atoms with Gasteiger partial charge < -0.3 is 15.3 Å². The Kier molecular flexibility index (Phi) is 27.4. The first-order chi connectivity index (χ1) is 10.2. The van der Waals surface area contributed by atoms with Gasteiger partial charge in [0.15, 0.2) is 0 Å². The average molecular weight is 409 g/mol. The van der Waals surface area contributed by atoms with Crippen LogP contribution < -0.4 is 15.3 Å². The van der Waals surface area contributed by atoms with Gasteiger partial charge in [-0.1, -0.05) is 82.0 Å². The van der Waals surface area contributed by atoms with Crippen molar-refractivity contribution in [3.63, 3.8) is 0 Å². The smallest absolute Gasteiger partial charge is 0.850 e. The fraction of sp³-hybridized carbons (Fsp3) is 0.800. The molecular formula is C20H41O3SiV. The van der Waals surface area contributed by atoms with Crippen LogP contribution >= 0.6 is 0 Å². The first-order valence-electron chi connectivity index (χ1n) is 8.33. The fourth-order valence-electron chi connectivity index (χ4n) is 0.340. The zero-order valence-corrected chi connectivity index (χ0v) is 21.0. The van der Waals surface area contributed by atoms with Gasteiger partial charge in [0, 0.05) is 8.80 Å². The molecule has 5 heteroatoms. The van der Waals surface area contributed by atoms with E-state index in [2.05, 4.69) is 31.8 Å². The van der Waals surface area contributed by atoms with Gasteiger partial charge in [-0.3, -0.25) is 6.08 Å². The number of hydrogen-bond acceptors (Lipinski definition) is 3. The molecule has 0 heterocycles. The van der Waals surface area contributed by atoms with Crippen molar-refractivity contribution in [1.82, 2.24) is 0 Å². The maximum atomic E-state index is 10.1. The topological polar surface area (TPSA) is 69.2 Å². The molecule has 1 aliphatic rings. The molecule has 0 aliphatic heterocycles. The molecule has 0 unspecified atom stereocenters. The molecule has 0 bridgehead atoms. The minimum absolute atomic E-state index is 0. The first kappa shape index (κ1) is 36.1. The van der Waals surface area contributed by atoms with Crippen molar-refractivity contribution in [2.75, 3.05) is 0 Å². The van der Waals surface area contributed by atoms with Gasteiger partial charge >= 0.3 is 18.6 Å². The van der Waals surface area contributed by atoms with Crippen LogP contribution in [0.25, 0.3) is 0 Å². The maximum Gasteiger partial charge on any atom is 4.00 e. The Morgan fingerprint density at radius 1 is 0.720 bits per heavy atom. The molecule has 25 heavy (non-hydrogen) atoms. The van der Waals surface area contributed by atoms with Gasteiger partial charge in [0.25, 0.3) is 0 Å². The van der Waals surface area contributed by atoms with E-state index < -0.39 is 16.8 Å². The summed E-state index contributed by atoms with van der Waals surface area (Å²) in [6, 6.07) is 0. The van der Waals surface area contributed by atoms with E-state index in [9.17, 15) is 15.3 Å². The second-order valence-electron chi connectivity index (χ2n) is 8.84. The van der Waals surface area contributed by atoms with Gasteiger partial charge in [0.2, 0.25) is 0 Å². The maximum absolute atomic E-state index is 10.1. The summed E-state index contributed by atoms with van der Waals surface area (Å²) in [6.07, 6.45) is 10.0. The van der Waals surface area contributed by atoms with Gasteiger partial charge in [-0.25, -0.2) is 12.2 Å². The zero-order valence-electron chi connectivity index (χ0n) is 18.6. The van der Waals surface area contributed by atoms with Crippen LogP contribution in [0.15, 0.2) is 18.2 Å². The van der Waals surface area contributed by atoms with Gasteiger partial charge in [-0.15, -0.1) is 23.2 Å². The standard InChI is InChI=1S/C5H5.3C4H9O.C3H9Si.V/c1-2-4-5-3-1;3*1-4(2,3)5;1-4(2)3;/h1-3H,4H2;3*1-3H3;1-3H3;/q4*-1;;+4. The molecule has 0 fully saturated rings. The minimum atomic E-state index is -0.750. The third kappa shape index (κ3) is 445. The molecule has 0 aromatic carbocycles. The monoisotopic (exact) mass is 408 g/mol. The van der Waals surface area contributed by atoms with E-state index in [1.165, 1.54) is 0 Å². The summed E-state index contributed by atoms with van der Waals surface area (Å²) in [7, 11) is 0.120. The SMILES string of the molecule is CC(C)(C)[O-].CC(C)(C)[O-].CC(C)(C)[O-].C[Si](C)C.[C-]1=CC=CC1.[V+4]. The average Bonchev–Trinajstić information content (AvgIpc) is 2.61. The summed E-state index contributed by atoms with van der Waals surface area (Å²) < 4.78 is 0. The van der Waals surface area contributed by atoms with Crippen LogP contribution in [0.2, 0.25) is 19.6 Å². The van der Waals surface area contributed by atoms with E-state index in [0.717, 1.165) is 6.42 Å². The molecule has 0 aromatic rings. The van der Waals surface area contributed by atoms with Crippen molar-refractivity contribution in [3.8, 4) is 0 Å². The van der Waals surface area contributed by atoms with Crippen LogP contribution in [0, 0.1) is 6.08 Å². The van der Waals surface area contributed by atoms with Crippen LogP contribution in [0.1, 0.15) is 68.7 Å². The van der Waals surface area contributed by atoms with Gasteiger partial charge in [-0.05, 0) is 0 Å². The summed E-state index contributed by atoms with van der Waals surface area (Å²) in [5.74, 6) is 0. The summed E-state index contributed by atoms with van der Waals surface area (Å²) in [5, 5.41) is 30.3. The Balaban J connectivity index is -0.0000000662. The number of rotatable bonds is 0. The van der Waals surface area contributed by atoms with E-state index in [1.807, 2.05) is 12.2 Å². The van der Waals surface area contributed by atoms with Crippen molar-refractivity contribution in [2.45, 2.75) is 105 Å². The molecule has 0 aromatic heterocycles. The van der Waals surface area contributed by atoms with Crippen LogP contribution in [0.3, 0.4) is 0 Å². The summed E-state index contributed by atoms with van der Waals surface area (Å²) in [4.78, 5) is 0. The number of allylic oxidation sites excluding steroid dienone is 4. The second-order valence-corrected chi connectivity index (χ2v) is 11.8. The molecular weight excluding hydrogens is 367 g/mol. The fourth-order valence-corrected chi connectivity index (χ4v) is 0.340. The largest absolute Gasteiger partial charge is 4.00 e. The normalized spacial score (nSPS) is 12.2. The first-order valence-corrected chi connectivity index (χ1v) is 11.3. The molecule has 0 spiro atoms. The molecule has 1 aliphatic carbocycles. The van der Waals surface area contributed by atoms with Crippen LogP contribution in [0.5, 0.6) is 0 Å². The molecule has 3 nitrogen and oxygen atoms in total. The van der Waals surface area contributed by atoms with Crippen molar-refractivity contribution < 1.29 is 33.9 Å². The third-order valence-electron chi connectivity index (χ3n) is 0.586. The van der Waals surface area contributed by atoms with E-state index in [4.69, 9.17) is 0 Å². The molecule has 1 rings (SSSR count). The third-order valence-corrected chi connectivity index (χ3v) is 0.586. The van der Waals surface area contributed by atoms with Gasteiger partial charge in [-0.2, -0.15) is 6.08 Å². The van der Waals surface area contributed by atoms with Crippen molar-refractivity contribution >= 4 is 8.80 Å². The van der Waals surface area contributed by atoms with E-state index >= 15 is 0 Å². The predicted octanol–water partition coefficient (Wildman–Crippen LogP) is 3.11. The Labute approximate surface area is 172 Å². The van der Waals surface area contributed by atoms with Crippen molar-refractivity contribution in [3.05, 3.63) is 24.3 Å². The molecule has 0 N–H and O–H groups in total. The molecule has 2 radical (unpaired) electrons. The predicted molar refractivity (Wildman–Crippen MR) is 104 cm³/mol. The minimum Gasteiger partial charge on any atom is -0.850 e. The van der Waals surface area contributed by atoms with Crippen LogP contribution in [-0.2, 0) is 18.6 Å². The zero-order chi connectivity index (χ0) is 20.6. The van der Waals surface area contributed by atoms with Crippen LogP contribution in [0.4, 0.5) is 0 Å². The van der Waals surface area contributed by atoms with Crippen molar-refractivity contribution in [1.29, 1.82) is 0 Å². The Morgan fingerprint density at radius 2 is 0.920 bits per heavy atom. The van der Waals surface area contributed by atoms with E-state index in [0.29, 0.717) is 0 Å². The van der Waals surface area contributed by atoms with Crippen LogP contribution in [-0.4, -0.2) is 25.6 Å². The molecule has 0 saturated carbocycles. The van der Waals surface area contributed by atoms with E-state index in [-0.39, 0.29) is 27.4 Å². The Hall–Kier alpha value is 0.161. The molecule has 148 valence electrons. The quantitative estimate of drug-likeness (QED) is 0.457. The molecule has 0 amide bonds.